The van der Waals surface area contributed by atoms with Gasteiger partial charge in [0.2, 0.25) is 0 Å². The molecule has 1 saturated heterocycles. The highest BCUT2D eigenvalue weighted by atomic mass is 32.2. The molecule has 100 valence electrons. The lowest BCUT2D eigenvalue weighted by Gasteiger charge is -2.18. The number of hydrogen-bond acceptors (Lipinski definition) is 4. The van der Waals surface area contributed by atoms with Crippen LogP contribution in [0.5, 0.6) is 0 Å². The fraction of sp³-hybridized carbons (Fsp3) is 0.538. The second kappa shape index (κ2) is 5.38. The zero-order valence-corrected chi connectivity index (χ0v) is 11.3. The Morgan fingerprint density at radius 1 is 1.39 bits per heavy atom. The van der Waals surface area contributed by atoms with Crippen molar-refractivity contribution in [3.63, 3.8) is 0 Å². The first-order chi connectivity index (χ1) is 8.52. The topological polar surface area (TPSA) is 69.4 Å². The summed E-state index contributed by atoms with van der Waals surface area (Å²) in [6, 6.07) is 7.68. The van der Waals surface area contributed by atoms with Crippen molar-refractivity contribution in [3.05, 3.63) is 35.4 Å². The third-order valence-electron chi connectivity index (χ3n) is 3.45. The van der Waals surface area contributed by atoms with E-state index in [0.717, 1.165) is 11.1 Å². The minimum atomic E-state index is -2.87. The Morgan fingerprint density at radius 2 is 2.06 bits per heavy atom. The zero-order valence-electron chi connectivity index (χ0n) is 10.5. The standard InChI is InChI=1S/C13H19NO3S/c1-17-8-10-2-4-11(5-3-10)13(14)12-6-7-18(15,16)9-12/h2-5,12-13H,6-9,14H2,1H3. The maximum Gasteiger partial charge on any atom is 0.150 e. The van der Waals surface area contributed by atoms with E-state index in [1.807, 2.05) is 24.3 Å². The summed E-state index contributed by atoms with van der Waals surface area (Å²) in [7, 11) is -1.21. The third-order valence-corrected chi connectivity index (χ3v) is 5.24. The number of benzene rings is 1. The minimum Gasteiger partial charge on any atom is -0.380 e. The maximum atomic E-state index is 11.4. The quantitative estimate of drug-likeness (QED) is 0.893. The third kappa shape index (κ3) is 3.10. The van der Waals surface area contributed by atoms with E-state index >= 15 is 0 Å². The second-order valence-electron chi connectivity index (χ2n) is 4.86. The molecule has 18 heavy (non-hydrogen) atoms. The van der Waals surface area contributed by atoms with Crippen molar-refractivity contribution in [2.45, 2.75) is 19.1 Å². The SMILES string of the molecule is COCc1ccc(C(N)C2CCS(=O)(=O)C2)cc1. The van der Waals surface area contributed by atoms with Gasteiger partial charge in [-0.3, -0.25) is 0 Å². The molecule has 0 amide bonds. The highest BCUT2D eigenvalue weighted by Gasteiger charge is 2.32. The predicted octanol–water partition coefficient (Wildman–Crippen LogP) is 1.27. The van der Waals surface area contributed by atoms with Crippen molar-refractivity contribution in [1.82, 2.24) is 0 Å². The zero-order chi connectivity index (χ0) is 13.2. The molecule has 1 aliphatic rings. The Labute approximate surface area is 108 Å². The van der Waals surface area contributed by atoms with Gasteiger partial charge in [0.05, 0.1) is 18.1 Å². The molecule has 2 N–H and O–H groups in total. The van der Waals surface area contributed by atoms with Gasteiger partial charge in [0, 0.05) is 13.2 Å². The molecule has 0 spiro atoms. The summed E-state index contributed by atoms with van der Waals surface area (Å²) in [6.07, 6.45) is 0.670. The number of nitrogens with two attached hydrogens (primary N) is 1. The van der Waals surface area contributed by atoms with E-state index in [2.05, 4.69) is 0 Å². The molecule has 0 aliphatic carbocycles. The Balaban J connectivity index is 2.07. The van der Waals surface area contributed by atoms with Crippen molar-refractivity contribution in [3.8, 4) is 0 Å². The van der Waals surface area contributed by atoms with Crippen LogP contribution >= 0.6 is 0 Å². The molecule has 2 unspecified atom stereocenters. The lowest BCUT2D eigenvalue weighted by atomic mass is 9.93. The van der Waals surface area contributed by atoms with Crippen molar-refractivity contribution in [2.24, 2.45) is 11.7 Å². The molecule has 5 heteroatoms. The second-order valence-corrected chi connectivity index (χ2v) is 7.09. The molecule has 0 radical (unpaired) electrons. The molecule has 1 aromatic carbocycles. The van der Waals surface area contributed by atoms with Crippen LogP contribution in [0.2, 0.25) is 0 Å². The van der Waals surface area contributed by atoms with E-state index in [1.54, 1.807) is 7.11 Å². The fourth-order valence-corrected chi connectivity index (χ4v) is 4.24. The maximum absolute atomic E-state index is 11.4. The first-order valence-corrected chi connectivity index (χ1v) is 7.88. The summed E-state index contributed by atoms with van der Waals surface area (Å²) in [6.45, 7) is 0.577. The van der Waals surface area contributed by atoms with Gasteiger partial charge < -0.3 is 10.5 Å². The summed E-state index contributed by atoms with van der Waals surface area (Å²) in [5, 5.41) is 0. The van der Waals surface area contributed by atoms with Crippen LogP contribution in [-0.4, -0.2) is 27.0 Å². The highest BCUT2D eigenvalue weighted by Crippen LogP contribution is 2.29. The van der Waals surface area contributed by atoms with Crippen molar-refractivity contribution in [1.29, 1.82) is 0 Å². The monoisotopic (exact) mass is 269 g/mol. The molecule has 2 atom stereocenters. The molecule has 0 aromatic heterocycles. The van der Waals surface area contributed by atoms with Crippen LogP contribution in [0.4, 0.5) is 0 Å². The molecular formula is C13H19NO3S. The first kappa shape index (κ1) is 13.5. The van der Waals surface area contributed by atoms with Gasteiger partial charge in [0.25, 0.3) is 0 Å². The van der Waals surface area contributed by atoms with Gasteiger partial charge in [-0.2, -0.15) is 0 Å². The Kier molecular flexibility index (Phi) is 4.04. The molecule has 1 heterocycles. The first-order valence-electron chi connectivity index (χ1n) is 6.05. The summed E-state index contributed by atoms with van der Waals surface area (Å²) in [5.74, 6) is 0.532. The fourth-order valence-electron chi connectivity index (χ4n) is 2.38. The Hall–Kier alpha value is -0.910. The summed E-state index contributed by atoms with van der Waals surface area (Å²) in [4.78, 5) is 0. The van der Waals surface area contributed by atoms with Crippen LogP contribution in [-0.2, 0) is 21.2 Å². The van der Waals surface area contributed by atoms with Gasteiger partial charge in [-0.15, -0.1) is 0 Å². The number of hydrogen-bond donors (Lipinski definition) is 1. The van der Waals surface area contributed by atoms with Gasteiger partial charge in [-0.25, -0.2) is 8.42 Å². The van der Waals surface area contributed by atoms with Gasteiger partial charge in [0.15, 0.2) is 9.84 Å². The van der Waals surface area contributed by atoms with Gasteiger partial charge in [-0.1, -0.05) is 24.3 Å². The van der Waals surface area contributed by atoms with Crippen molar-refractivity contribution in [2.75, 3.05) is 18.6 Å². The molecule has 0 bridgehead atoms. The number of ether oxygens (including phenoxy) is 1. The molecule has 1 fully saturated rings. The van der Waals surface area contributed by atoms with Gasteiger partial charge in [-0.05, 0) is 23.5 Å². The van der Waals surface area contributed by atoms with Crippen LogP contribution in [0, 0.1) is 5.92 Å². The largest absolute Gasteiger partial charge is 0.380 e. The molecular weight excluding hydrogens is 250 g/mol. The highest BCUT2D eigenvalue weighted by molar-refractivity contribution is 7.91. The van der Waals surface area contributed by atoms with E-state index in [1.165, 1.54) is 0 Å². The van der Waals surface area contributed by atoms with Gasteiger partial charge >= 0.3 is 0 Å². The lowest BCUT2D eigenvalue weighted by molar-refractivity contribution is 0.185. The Morgan fingerprint density at radius 3 is 2.56 bits per heavy atom. The number of rotatable bonds is 4. The lowest BCUT2D eigenvalue weighted by Crippen LogP contribution is -2.22. The smallest absolute Gasteiger partial charge is 0.150 e. The normalized spacial score (nSPS) is 24.0. The van der Waals surface area contributed by atoms with Crippen LogP contribution < -0.4 is 5.73 Å². The summed E-state index contributed by atoms with van der Waals surface area (Å²) in [5.41, 5.74) is 8.24. The number of sulfone groups is 1. The van der Waals surface area contributed by atoms with E-state index in [-0.39, 0.29) is 23.5 Å². The predicted molar refractivity (Wildman–Crippen MR) is 70.8 cm³/mol. The molecule has 2 rings (SSSR count). The minimum absolute atomic E-state index is 0.0447. The van der Waals surface area contributed by atoms with E-state index < -0.39 is 9.84 Å². The number of methoxy groups -OCH3 is 1. The van der Waals surface area contributed by atoms with E-state index in [4.69, 9.17) is 10.5 Å². The van der Waals surface area contributed by atoms with Crippen LogP contribution in [0.3, 0.4) is 0 Å². The average Bonchev–Trinajstić information content (AvgIpc) is 2.70. The molecule has 1 aliphatic heterocycles. The summed E-state index contributed by atoms with van der Waals surface area (Å²) < 4.78 is 27.9. The van der Waals surface area contributed by atoms with Crippen LogP contribution in [0.15, 0.2) is 24.3 Å². The molecule has 0 saturated carbocycles. The molecule has 1 aromatic rings. The van der Waals surface area contributed by atoms with Crippen LogP contribution in [0.25, 0.3) is 0 Å². The van der Waals surface area contributed by atoms with E-state index in [9.17, 15) is 8.42 Å². The average molecular weight is 269 g/mol. The van der Waals surface area contributed by atoms with Crippen molar-refractivity contribution >= 4 is 9.84 Å². The Bertz CT molecular complexity index is 495. The summed E-state index contributed by atoms with van der Waals surface area (Å²) >= 11 is 0. The van der Waals surface area contributed by atoms with Crippen LogP contribution in [0.1, 0.15) is 23.6 Å². The van der Waals surface area contributed by atoms with E-state index in [0.29, 0.717) is 13.0 Å². The van der Waals surface area contributed by atoms with Crippen molar-refractivity contribution < 1.29 is 13.2 Å². The molecule has 4 nitrogen and oxygen atoms in total. The van der Waals surface area contributed by atoms with Gasteiger partial charge in [0.1, 0.15) is 0 Å².